The number of aliphatic hydroxyl groups excluding tert-OH is 1. The fourth-order valence-electron chi connectivity index (χ4n) is 2.02. The van der Waals surface area contributed by atoms with Crippen LogP contribution in [0.25, 0.3) is 0 Å². The van der Waals surface area contributed by atoms with E-state index < -0.39 is 0 Å². The highest BCUT2D eigenvalue weighted by molar-refractivity contribution is 5.39. The van der Waals surface area contributed by atoms with Crippen LogP contribution in [0.5, 0.6) is 5.75 Å². The average Bonchev–Trinajstić information content (AvgIpc) is 2.66. The summed E-state index contributed by atoms with van der Waals surface area (Å²) in [6.45, 7) is 3.89. The van der Waals surface area contributed by atoms with Gasteiger partial charge in [0.25, 0.3) is 0 Å². The number of benzene rings is 1. The van der Waals surface area contributed by atoms with Crippen molar-refractivity contribution in [3.63, 3.8) is 0 Å². The highest BCUT2D eigenvalue weighted by Crippen LogP contribution is 2.33. The van der Waals surface area contributed by atoms with Crippen LogP contribution in [0.2, 0.25) is 0 Å². The molecule has 0 amide bonds. The molecule has 0 aromatic heterocycles. The van der Waals surface area contributed by atoms with Gasteiger partial charge in [0, 0.05) is 6.61 Å². The van der Waals surface area contributed by atoms with E-state index in [-0.39, 0.29) is 6.10 Å². The zero-order valence-corrected chi connectivity index (χ0v) is 9.61. The molecule has 1 N–H and O–H groups in total. The Balaban J connectivity index is 1.92. The van der Waals surface area contributed by atoms with E-state index in [1.54, 1.807) is 0 Å². The first-order valence-electron chi connectivity index (χ1n) is 5.82. The second kappa shape index (κ2) is 5.32. The molecule has 16 heavy (non-hydrogen) atoms. The maximum absolute atomic E-state index is 9.66. The van der Waals surface area contributed by atoms with Crippen LogP contribution in [-0.2, 0) is 11.2 Å². The third-order valence-electron chi connectivity index (χ3n) is 2.86. The van der Waals surface area contributed by atoms with Crippen molar-refractivity contribution in [1.82, 2.24) is 0 Å². The highest BCUT2D eigenvalue weighted by Gasteiger charge is 2.20. The Bertz CT molecular complexity index is 349. The van der Waals surface area contributed by atoms with Gasteiger partial charge in [0.2, 0.25) is 0 Å². The van der Waals surface area contributed by atoms with E-state index >= 15 is 0 Å². The van der Waals surface area contributed by atoms with Gasteiger partial charge < -0.3 is 14.6 Å². The molecule has 0 radical (unpaired) electrons. The van der Waals surface area contributed by atoms with Gasteiger partial charge in [-0.3, -0.25) is 0 Å². The molecule has 1 aliphatic rings. The summed E-state index contributed by atoms with van der Waals surface area (Å²) in [7, 11) is 0. The molecule has 0 saturated carbocycles. The predicted octanol–water partition coefficient (Wildman–Crippen LogP) is 2.08. The molecule has 1 atom stereocenters. The zero-order chi connectivity index (χ0) is 11.4. The van der Waals surface area contributed by atoms with E-state index in [4.69, 9.17) is 9.47 Å². The lowest BCUT2D eigenvalue weighted by atomic mass is 10.1. The molecule has 88 valence electrons. The van der Waals surface area contributed by atoms with Crippen LogP contribution in [0.4, 0.5) is 0 Å². The minimum absolute atomic E-state index is 0.285. The Morgan fingerprint density at radius 3 is 3.06 bits per heavy atom. The van der Waals surface area contributed by atoms with Gasteiger partial charge in [-0.2, -0.15) is 0 Å². The molecule has 0 saturated heterocycles. The van der Waals surface area contributed by atoms with Crippen molar-refractivity contribution in [3.8, 4) is 5.75 Å². The number of fused-ring (bicyclic) bond motifs is 1. The summed E-state index contributed by atoms with van der Waals surface area (Å²) < 4.78 is 10.8. The van der Waals surface area contributed by atoms with Crippen molar-refractivity contribution in [2.45, 2.75) is 25.9 Å². The summed E-state index contributed by atoms with van der Waals surface area (Å²) in [6.07, 6.45) is 1.49. The van der Waals surface area contributed by atoms with Crippen molar-refractivity contribution in [3.05, 3.63) is 29.3 Å². The lowest BCUT2D eigenvalue weighted by Gasteiger charge is -2.08. The van der Waals surface area contributed by atoms with E-state index in [1.165, 1.54) is 5.56 Å². The maximum atomic E-state index is 9.66. The third-order valence-corrected chi connectivity index (χ3v) is 2.86. The Hall–Kier alpha value is -1.06. The second-order valence-corrected chi connectivity index (χ2v) is 3.96. The second-order valence-electron chi connectivity index (χ2n) is 3.96. The third kappa shape index (κ3) is 2.54. The molecule has 1 aromatic carbocycles. The molecule has 1 aromatic rings. The molecule has 2 rings (SSSR count). The minimum atomic E-state index is -0.285. The van der Waals surface area contributed by atoms with Gasteiger partial charge in [0.05, 0.1) is 12.7 Å². The lowest BCUT2D eigenvalue weighted by molar-refractivity contribution is 0.110. The summed E-state index contributed by atoms with van der Waals surface area (Å²) >= 11 is 0. The maximum Gasteiger partial charge on any atom is 0.119 e. The molecule has 0 fully saturated rings. The number of hydrogen-bond acceptors (Lipinski definition) is 3. The number of aryl methyl sites for hydroxylation is 1. The Morgan fingerprint density at radius 2 is 2.25 bits per heavy atom. The van der Waals surface area contributed by atoms with Crippen LogP contribution >= 0.6 is 0 Å². The number of ether oxygens (including phenoxy) is 2. The van der Waals surface area contributed by atoms with Crippen molar-refractivity contribution < 1.29 is 14.6 Å². The quantitative estimate of drug-likeness (QED) is 0.775. The van der Waals surface area contributed by atoms with E-state index in [0.717, 1.165) is 30.8 Å². The van der Waals surface area contributed by atoms with Gasteiger partial charge >= 0.3 is 0 Å². The number of rotatable bonds is 5. The Kier molecular flexibility index (Phi) is 3.80. The van der Waals surface area contributed by atoms with Crippen LogP contribution in [0.3, 0.4) is 0 Å². The first-order chi connectivity index (χ1) is 7.81. The summed E-state index contributed by atoms with van der Waals surface area (Å²) in [5.74, 6) is 0.868. The molecule has 0 heterocycles. The molecule has 0 spiro atoms. The molecule has 1 aliphatic carbocycles. The largest absolute Gasteiger partial charge is 0.491 e. The molecular formula is C13H18O3. The molecule has 3 heteroatoms. The number of hydrogen-bond donors (Lipinski definition) is 1. The van der Waals surface area contributed by atoms with E-state index in [2.05, 4.69) is 0 Å². The standard InChI is InChI=1S/C13H18O3/c1-2-15-7-8-16-11-4-5-12-10(9-11)3-6-13(12)14/h4-5,9,13-14H,2-3,6-8H2,1H3/t13-/m0/s1. The van der Waals surface area contributed by atoms with Crippen LogP contribution in [0, 0.1) is 0 Å². The topological polar surface area (TPSA) is 38.7 Å². The van der Waals surface area contributed by atoms with Crippen LogP contribution in [0.15, 0.2) is 18.2 Å². The van der Waals surface area contributed by atoms with Gasteiger partial charge in [0.1, 0.15) is 12.4 Å². The van der Waals surface area contributed by atoms with Gasteiger partial charge in [-0.25, -0.2) is 0 Å². The average molecular weight is 222 g/mol. The van der Waals surface area contributed by atoms with Crippen LogP contribution < -0.4 is 4.74 Å². The summed E-state index contributed by atoms with van der Waals surface area (Å²) in [6, 6.07) is 5.90. The van der Waals surface area contributed by atoms with E-state index in [1.807, 2.05) is 25.1 Å². The summed E-state index contributed by atoms with van der Waals surface area (Å²) in [4.78, 5) is 0. The summed E-state index contributed by atoms with van der Waals surface area (Å²) in [5, 5.41) is 9.66. The van der Waals surface area contributed by atoms with Crippen molar-refractivity contribution in [2.75, 3.05) is 19.8 Å². The van der Waals surface area contributed by atoms with Gasteiger partial charge in [0.15, 0.2) is 0 Å². The molecule has 0 bridgehead atoms. The predicted molar refractivity (Wildman–Crippen MR) is 61.7 cm³/mol. The van der Waals surface area contributed by atoms with Crippen molar-refractivity contribution in [1.29, 1.82) is 0 Å². The fourth-order valence-corrected chi connectivity index (χ4v) is 2.02. The first kappa shape index (κ1) is 11.4. The zero-order valence-electron chi connectivity index (χ0n) is 9.61. The SMILES string of the molecule is CCOCCOc1ccc2c(c1)CC[C@@H]2O. The van der Waals surface area contributed by atoms with Crippen molar-refractivity contribution in [2.24, 2.45) is 0 Å². The van der Waals surface area contributed by atoms with Gasteiger partial charge in [-0.05, 0) is 43.0 Å². The van der Waals surface area contributed by atoms with E-state index in [9.17, 15) is 5.11 Å². The van der Waals surface area contributed by atoms with Crippen molar-refractivity contribution >= 4 is 0 Å². The minimum Gasteiger partial charge on any atom is -0.491 e. The number of aliphatic hydroxyl groups is 1. The normalized spacial score (nSPS) is 18.5. The lowest BCUT2D eigenvalue weighted by Crippen LogP contribution is -2.06. The molecular weight excluding hydrogens is 204 g/mol. The van der Waals surface area contributed by atoms with Gasteiger partial charge in [-0.1, -0.05) is 6.07 Å². The Labute approximate surface area is 96.0 Å². The van der Waals surface area contributed by atoms with E-state index in [0.29, 0.717) is 13.2 Å². The molecule has 3 nitrogen and oxygen atoms in total. The Morgan fingerprint density at radius 1 is 1.38 bits per heavy atom. The fraction of sp³-hybridized carbons (Fsp3) is 0.538. The van der Waals surface area contributed by atoms with Gasteiger partial charge in [-0.15, -0.1) is 0 Å². The smallest absolute Gasteiger partial charge is 0.119 e. The van der Waals surface area contributed by atoms with Crippen LogP contribution in [0.1, 0.15) is 30.6 Å². The highest BCUT2D eigenvalue weighted by atomic mass is 16.5. The monoisotopic (exact) mass is 222 g/mol. The first-order valence-corrected chi connectivity index (χ1v) is 5.82. The molecule has 0 aliphatic heterocycles. The van der Waals surface area contributed by atoms with Crippen LogP contribution in [-0.4, -0.2) is 24.9 Å². The summed E-state index contributed by atoms with van der Waals surface area (Å²) in [5.41, 5.74) is 2.26. The molecule has 0 unspecified atom stereocenters.